The van der Waals surface area contributed by atoms with Gasteiger partial charge in [-0.2, -0.15) is 5.10 Å². The minimum absolute atomic E-state index is 0.694. The zero-order valence-corrected chi connectivity index (χ0v) is 13.2. The normalized spacial score (nSPS) is 10.9. The van der Waals surface area contributed by atoms with E-state index in [-0.39, 0.29) is 0 Å². The van der Waals surface area contributed by atoms with Crippen LogP contribution in [0.3, 0.4) is 0 Å². The molecule has 0 radical (unpaired) electrons. The predicted octanol–water partition coefficient (Wildman–Crippen LogP) is 3.85. The molecule has 102 valence electrons. The van der Waals surface area contributed by atoms with Crippen molar-refractivity contribution in [2.45, 2.75) is 26.4 Å². The third-order valence-corrected chi connectivity index (χ3v) is 3.62. The molecule has 0 aliphatic carbocycles. The molecule has 0 aliphatic heterocycles. The number of benzene rings is 1. The molecule has 0 bridgehead atoms. The van der Waals surface area contributed by atoms with E-state index in [1.54, 1.807) is 0 Å². The highest BCUT2D eigenvalue weighted by Gasteiger charge is 2.04. The SMILES string of the molecule is CCCNCc1ccn(Cc2ccc(Br)cc2Cl)n1. The van der Waals surface area contributed by atoms with E-state index in [9.17, 15) is 0 Å². The summed E-state index contributed by atoms with van der Waals surface area (Å²) in [5.74, 6) is 0. The van der Waals surface area contributed by atoms with E-state index in [2.05, 4.69) is 33.3 Å². The van der Waals surface area contributed by atoms with Crippen molar-refractivity contribution in [2.75, 3.05) is 6.54 Å². The van der Waals surface area contributed by atoms with Gasteiger partial charge in [0.1, 0.15) is 0 Å². The highest BCUT2D eigenvalue weighted by atomic mass is 79.9. The average molecular weight is 343 g/mol. The molecule has 1 aromatic carbocycles. The molecule has 0 atom stereocenters. The molecule has 1 N–H and O–H groups in total. The Morgan fingerprint density at radius 2 is 2.21 bits per heavy atom. The molecule has 0 fully saturated rings. The van der Waals surface area contributed by atoms with Crippen molar-refractivity contribution in [3.8, 4) is 0 Å². The van der Waals surface area contributed by atoms with E-state index >= 15 is 0 Å². The van der Waals surface area contributed by atoms with Crippen LogP contribution in [0.2, 0.25) is 5.02 Å². The van der Waals surface area contributed by atoms with Gasteiger partial charge in [0.15, 0.2) is 0 Å². The number of rotatable bonds is 6. The quantitative estimate of drug-likeness (QED) is 0.808. The molecular weight excluding hydrogens is 326 g/mol. The Kier molecular flexibility index (Phi) is 5.43. The van der Waals surface area contributed by atoms with Gasteiger partial charge in [-0.1, -0.05) is 40.5 Å². The summed E-state index contributed by atoms with van der Waals surface area (Å²) in [6.45, 7) is 4.68. The summed E-state index contributed by atoms with van der Waals surface area (Å²) in [6, 6.07) is 7.96. The summed E-state index contributed by atoms with van der Waals surface area (Å²) >= 11 is 9.61. The fourth-order valence-electron chi connectivity index (χ4n) is 1.80. The third-order valence-electron chi connectivity index (χ3n) is 2.78. The Balaban J connectivity index is 1.99. The predicted molar refractivity (Wildman–Crippen MR) is 82.5 cm³/mol. The smallest absolute Gasteiger partial charge is 0.0762 e. The molecule has 5 heteroatoms. The van der Waals surface area contributed by atoms with Crippen molar-refractivity contribution < 1.29 is 0 Å². The molecule has 2 rings (SSSR count). The van der Waals surface area contributed by atoms with Crippen LogP contribution in [-0.4, -0.2) is 16.3 Å². The van der Waals surface area contributed by atoms with E-state index < -0.39 is 0 Å². The highest BCUT2D eigenvalue weighted by Crippen LogP contribution is 2.21. The molecule has 0 saturated carbocycles. The van der Waals surface area contributed by atoms with Crippen LogP contribution in [0, 0.1) is 0 Å². The van der Waals surface area contributed by atoms with Crippen LogP contribution in [0.15, 0.2) is 34.9 Å². The van der Waals surface area contributed by atoms with Crippen LogP contribution < -0.4 is 5.32 Å². The Morgan fingerprint density at radius 1 is 1.37 bits per heavy atom. The summed E-state index contributed by atoms with van der Waals surface area (Å²) in [7, 11) is 0. The van der Waals surface area contributed by atoms with Gasteiger partial charge < -0.3 is 5.32 Å². The maximum atomic E-state index is 6.21. The first-order chi connectivity index (χ1) is 9.19. The molecule has 0 saturated heterocycles. The lowest BCUT2D eigenvalue weighted by atomic mass is 10.2. The van der Waals surface area contributed by atoms with Gasteiger partial charge in [-0.25, -0.2) is 0 Å². The summed E-state index contributed by atoms with van der Waals surface area (Å²) in [5, 5.41) is 8.62. The third kappa shape index (κ3) is 4.34. The van der Waals surface area contributed by atoms with Crippen molar-refractivity contribution in [3.63, 3.8) is 0 Å². The van der Waals surface area contributed by atoms with E-state index in [1.807, 2.05) is 35.1 Å². The highest BCUT2D eigenvalue weighted by molar-refractivity contribution is 9.10. The van der Waals surface area contributed by atoms with Gasteiger partial charge in [0.25, 0.3) is 0 Å². The van der Waals surface area contributed by atoms with E-state index in [1.165, 1.54) is 0 Å². The Hall–Kier alpha value is -0.840. The molecule has 0 aliphatic rings. The van der Waals surface area contributed by atoms with Gasteiger partial charge in [0, 0.05) is 22.2 Å². The first-order valence-corrected chi connectivity index (χ1v) is 7.53. The summed E-state index contributed by atoms with van der Waals surface area (Å²) < 4.78 is 2.91. The van der Waals surface area contributed by atoms with Crippen LogP contribution in [0.5, 0.6) is 0 Å². The van der Waals surface area contributed by atoms with Crippen LogP contribution in [0.1, 0.15) is 24.6 Å². The van der Waals surface area contributed by atoms with Gasteiger partial charge in [0.05, 0.1) is 12.2 Å². The van der Waals surface area contributed by atoms with Gasteiger partial charge >= 0.3 is 0 Å². The van der Waals surface area contributed by atoms with Crippen LogP contribution in [-0.2, 0) is 13.1 Å². The number of nitrogens with one attached hydrogen (secondary N) is 1. The molecule has 2 aromatic rings. The van der Waals surface area contributed by atoms with E-state index in [4.69, 9.17) is 11.6 Å². The number of hydrogen-bond donors (Lipinski definition) is 1. The fraction of sp³-hybridized carbons (Fsp3) is 0.357. The summed E-state index contributed by atoms with van der Waals surface area (Å²) in [4.78, 5) is 0. The molecule has 0 spiro atoms. The first kappa shape index (κ1) is 14.6. The zero-order valence-electron chi connectivity index (χ0n) is 10.9. The second kappa shape index (κ2) is 7.08. The molecular formula is C14H17BrClN3. The monoisotopic (exact) mass is 341 g/mol. The number of halogens is 2. The number of nitrogens with zero attached hydrogens (tertiary/aromatic N) is 2. The largest absolute Gasteiger partial charge is 0.311 e. The van der Waals surface area contributed by atoms with Gasteiger partial charge in [0.2, 0.25) is 0 Å². The van der Waals surface area contributed by atoms with Crippen molar-refractivity contribution in [3.05, 3.63) is 51.2 Å². The second-order valence-electron chi connectivity index (χ2n) is 4.42. The maximum absolute atomic E-state index is 6.21. The first-order valence-electron chi connectivity index (χ1n) is 6.36. The molecule has 19 heavy (non-hydrogen) atoms. The fourth-order valence-corrected chi connectivity index (χ4v) is 2.54. The molecule has 3 nitrogen and oxygen atoms in total. The number of aromatic nitrogens is 2. The van der Waals surface area contributed by atoms with Crippen LogP contribution in [0.4, 0.5) is 0 Å². The standard InChI is InChI=1S/C14H17BrClN3/c1-2-6-17-9-13-5-7-19(18-13)10-11-3-4-12(15)8-14(11)16/h3-5,7-8,17H,2,6,9-10H2,1H3. The van der Waals surface area contributed by atoms with Gasteiger partial charge in [-0.3, -0.25) is 4.68 Å². The van der Waals surface area contributed by atoms with Crippen molar-refractivity contribution in [1.82, 2.24) is 15.1 Å². The molecule has 1 heterocycles. The van der Waals surface area contributed by atoms with E-state index in [0.717, 1.165) is 40.3 Å². The average Bonchev–Trinajstić information content (AvgIpc) is 2.81. The van der Waals surface area contributed by atoms with Crippen LogP contribution >= 0.6 is 27.5 Å². The Labute approximate surface area is 127 Å². The van der Waals surface area contributed by atoms with E-state index in [0.29, 0.717) is 6.54 Å². The van der Waals surface area contributed by atoms with Crippen molar-refractivity contribution >= 4 is 27.5 Å². The minimum Gasteiger partial charge on any atom is -0.311 e. The van der Waals surface area contributed by atoms with Crippen molar-refractivity contribution in [1.29, 1.82) is 0 Å². The second-order valence-corrected chi connectivity index (χ2v) is 5.74. The molecule has 0 unspecified atom stereocenters. The van der Waals surface area contributed by atoms with Crippen molar-refractivity contribution in [2.24, 2.45) is 0 Å². The van der Waals surface area contributed by atoms with Gasteiger partial charge in [-0.15, -0.1) is 0 Å². The van der Waals surface area contributed by atoms with Crippen LogP contribution in [0.25, 0.3) is 0 Å². The lowest BCUT2D eigenvalue weighted by Crippen LogP contribution is -2.14. The minimum atomic E-state index is 0.694. The lowest BCUT2D eigenvalue weighted by Gasteiger charge is -2.05. The zero-order chi connectivity index (χ0) is 13.7. The Morgan fingerprint density at radius 3 is 2.95 bits per heavy atom. The van der Waals surface area contributed by atoms with Gasteiger partial charge in [-0.05, 0) is 36.7 Å². The molecule has 1 aromatic heterocycles. The molecule has 0 amide bonds. The summed E-state index contributed by atoms with van der Waals surface area (Å²) in [5.41, 5.74) is 2.13. The topological polar surface area (TPSA) is 29.9 Å². The number of hydrogen-bond acceptors (Lipinski definition) is 2. The lowest BCUT2D eigenvalue weighted by molar-refractivity contribution is 0.628. The summed E-state index contributed by atoms with van der Waals surface area (Å²) in [6.07, 6.45) is 3.12. The maximum Gasteiger partial charge on any atom is 0.0762 e. The Bertz CT molecular complexity index is 539.